The number of carbonyl (C=O) groups is 1. The molecule has 5 nitrogen and oxygen atoms in total. The van der Waals surface area contributed by atoms with Gasteiger partial charge in [0.25, 0.3) is 0 Å². The average molecular weight is 706 g/mol. The first kappa shape index (κ1) is 47.0. The number of unbranched alkanes of at least 4 members (excludes halogenated alkanes) is 19. The molecule has 0 aromatic rings. The molecule has 296 valence electrons. The van der Waals surface area contributed by atoms with Crippen LogP contribution in [-0.4, -0.2) is 54.9 Å². The molecule has 1 rings (SSSR count). The lowest BCUT2D eigenvalue weighted by atomic mass is 9.79. The van der Waals surface area contributed by atoms with Crippen LogP contribution < -0.4 is 0 Å². The number of aliphatic hydroxyl groups is 1. The molecule has 1 fully saturated rings. The number of rotatable bonds is 37. The van der Waals surface area contributed by atoms with Crippen molar-refractivity contribution in [3.05, 3.63) is 12.3 Å². The minimum Gasteiger partial charge on any atom is -0.495 e. The Morgan fingerprint density at radius 3 is 1.76 bits per heavy atom. The molecule has 0 radical (unpaired) electrons. The number of β-amino-alcohol motifs (C(OH)–C–C–N with tert-alkyl or cyclic N) is 1. The summed E-state index contributed by atoms with van der Waals surface area (Å²) in [6, 6.07) is 0. The van der Waals surface area contributed by atoms with Crippen molar-refractivity contribution in [1.82, 2.24) is 4.90 Å². The summed E-state index contributed by atoms with van der Waals surface area (Å²) in [7, 11) is 0. The van der Waals surface area contributed by atoms with E-state index in [1.54, 1.807) is 0 Å². The average Bonchev–Trinajstić information content (AvgIpc) is 3.11. The van der Waals surface area contributed by atoms with Gasteiger partial charge in [-0.05, 0) is 76.2 Å². The predicted molar refractivity (Wildman–Crippen MR) is 216 cm³/mol. The molecule has 0 aromatic heterocycles. The quantitative estimate of drug-likeness (QED) is 0.0396. The van der Waals surface area contributed by atoms with Crippen molar-refractivity contribution in [3.63, 3.8) is 0 Å². The van der Waals surface area contributed by atoms with Gasteiger partial charge in [0.1, 0.15) is 0 Å². The van der Waals surface area contributed by atoms with Crippen molar-refractivity contribution in [2.75, 3.05) is 32.8 Å². The van der Waals surface area contributed by atoms with E-state index in [0.717, 1.165) is 63.4 Å². The van der Waals surface area contributed by atoms with Gasteiger partial charge in [0.05, 0.1) is 25.1 Å². The summed E-state index contributed by atoms with van der Waals surface area (Å²) in [5, 5.41) is 9.57. The molecule has 0 aliphatic carbocycles. The lowest BCUT2D eigenvalue weighted by Crippen LogP contribution is -2.41. The van der Waals surface area contributed by atoms with E-state index < -0.39 is 0 Å². The van der Waals surface area contributed by atoms with E-state index in [0.29, 0.717) is 25.0 Å². The zero-order valence-electron chi connectivity index (χ0n) is 34.0. The number of allylic oxidation sites excluding steroid dienone is 1. The first-order valence-electron chi connectivity index (χ1n) is 22.4. The lowest BCUT2D eigenvalue weighted by molar-refractivity contribution is -0.143. The number of likely N-dealkylation sites (tertiary alicyclic amines) is 1. The fourth-order valence-electron chi connectivity index (χ4n) is 7.97. The summed E-state index contributed by atoms with van der Waals surface area (Å²) in [5.74, 6) is 2.43. The van der Waals surface area contributed by atoms with Crippen molar-refractivity contribution in [2.45, 2.75) is 226 Å². The second-order valence-corrected chi connectivity index (χ2v) is 15.9. The summed E-state index contributed by atoms with van der Waals surface area (Å²) >= 11 is 0. The highest BCUT2D eigenvalue weighted by molar-refractivity contribution is 5.69. The van der Waals surface area contributed by atoms with Crippen LogP contribution in [0.1, 0.15) is 220 Å². The van der Waals surface area contributed by atoms with Crippen LogP contribution in [0.25, 0.3) is 0 Å². The highest BCUT2D eigenvalue weighted by Gasteiger charge is 2.28. The minimum atomic E-state index is -0.00740. The maximum Gasteiger partial charge on any atom is 0.305 e. The van der Waals surface area contributed by atoms with Crippen LogP contribution in [0.3, 0.4) is 0 Å². The largest absolute Gasteiger partial charge is 0.495 e. The predicted octanol–water partition coefficient (Wildman–Crippen LogP) is 13.1. The summed E-state index contributed by atoms with van der Waals surface area (Å²) in [4.78, 5) is 14.7. The number of ether oxygens (including phenoxy) is 2. The number of aliphatic hydroxyl groups excluding tert-OH is 1. The second kappa shape index (κ2) is 35.0. The Morgan fingerprint density at radius 2 is 1.16 bits per heavy atom. The zero-order chi connectivity index (χ0) is 36.3. The van der Waals surface area contributed by atoms with Crippen LogP contribution in [0.15, 0.2) is 12.3 Å². The second-order valence-electron chi connectivity index (χ2n) is 15.9. The number of piperidine rings is 1. The Balaban J connectivity index is 2.34. The van der Waals surface area contributed by atoms with Gasteiger partial charge in [-0.1, -0.05) is 156 Å². The number of nitrogens with zero attached hydrogens (tertiary/aromatic N) is 1. The highest BCUT2D eigenvalue weighted by Crippen LogP contribution is 2.32. The van der Waals surface area contributed by atoms with Crippen molar-refractivity contribution < 1.29 is 19.4 Å². The van der Waals surface area contributed by atoms with Gasteiger partial charge in [0.15, 0.2) is 0 Å². The van der Waals surface area contributed by atoms with Gasteiger partial charge >= 0.3 is 5.97 Å². The fraction of sp³-hybridized carbons (Fsp3) is 0.933. The maximum atomic E-state index is 12.3. The van der Waals surface area contributed by atoms with Gasteiger partial charge in [-0.15, -0.1) is 0 Å². The lowest BCUT2D eigenvalue weighted by Gasteiger charge is -2.39. The fourth-order valence-corrected chi connectivity index (χ4v) is 7.97. The van der Waals surface area contributed by atoms with Crippen molar-refractivity contribution in [2.24, 2.45) is 11.8 Å². The van der Waals surface area contributed by atoms with Gasteiger partial charge in [-0.25, -0.2) is 0 Å². The summed E-state index contributed by atoms with van der Waals surface area (Å²) in [5.41, 5.74) is 0. The van der Waals surface area contributed by atoms with E-state index in [1.807, 2.05) is 0 Å². The maximum absolute atomic E-state index is 12.3. The Hall–Kier alpha value is -1.07. The molecular weight excluding hydrogens is 618 g/mol. The Morgan fingerprint density at radius 1 is 0.660 bits per heavy atom. The summed E-state index contributed by atoms with van der Waals surface area (Å²) in [6.45, 7) is 15.0. The third-order valence-corrected chi connectivity index (χ3v) is 11.2. The molecule has 0 spiro atoms. The molecule has 1 aliphatic heterocycles. The van der Waals surface area contributed by atoms with Crippen LogP contribution in [0.4, 0.5) is 0 Å². The van der Waals surface area contributed by atoms with E-state index in [1.165, 1.54) is 161 Å². The normalized spacial score (nSPS) is 16.7. The summed E-state index contributed by atoms with van der Waals surface area (Å²) in [6.07, 6.45) is 38.5. The van der Waals surface area contributed by atoms with Gasteiger partial charge in [0, 0.05) is 25.9 Å². The van der Waals surface area contributed by atoms with E-state index in [9.17, 15) is 9.90 Å². The van der Waals surface area contributed by atoms with E-state index in [4.69, 9.17) is 9.47 Å². The molecule has 50 heavy (non-hydrogen) atoms. The summed E-state index contributed by atoms with van der Waals surface area (Å²) < 4.78 is 12.0. The van der Waals surface area contributed by atoms with Crippen LogP contribution in [0, 0.1) is 11.8 Å². The standard InChI is InChI=1S/C45H87NO4/c1-5-8-11-14-17-20-28-39-49-45(48)34-27-26-30-42-35-36-46(37-38-47)40-43(42)31-23-21-22-29-41(4)50-44(32-24-18-15-12-9-6-2)33-25-19-16-13-10-7-3/h42-44,47H,4-40H2,1-3H3. The molecular formula is C45H87NO4. The SMILES string of the molecule is C=C(CCCCCC1CN(CCO)CCC1CCCCC(=O)OCCCCCCCCC)OC(CCCCCCCC)CCCCCCCC. The third kappa shape index (κ3) is 27.6. The van der Waals surface area contributed by atoms with Gasteiger partial charge < -0.3 is 19.5 Å². The molecule has 2 atom stereocenters. The first-order chi connectivity index (χ1) is 24.5. The van der Waals surface area contributed by atoms with Crippen LogP contribution in [0.2, 0.25) is 0 Å². The van der Waals surface area contributed by atoms with E-state index in [-0.39, 0.29) is 12.6 Å². The third-order valence-electron chi connectivity index (χ3n) is 11.2. The topological polar surface area (TPSA) is 59.0 Å². The number of hydrogen-bond acceptors (Lipinski definition) is 5. The molecule has 2 unspecified atom stereocenters. The zero-order valence-corrected chi connectivity index (χ0v) is 34.0. The molecule has 0 aromatic carbocycles. The molecule has 1 heterocycles. The van der Waals surface area contributed by atoms with Crippen molar-refractivity contribution in [1.29, 1.82) is 0 Å². The van der Waals surface area contributed by atoms with Crippen LogP contribution in [0.5, 0.6) is 0 Å². The molecule has 5 heteroatoms. The molecule has 0 amide bonds. The number of carbonyl (C=O) groups excluding carboxylic acids is 1. The van der Waals surface area contributed by atoms with Gasteiger partial charge in [-0.2, -0.15) is 0 Å². The van der Waals surface area contributed by atoms with E-state index in [2.05, 4.69) is 32.3 Å². The smallest absolute Gasteiger partial charge is 0.305 e. The van der Waals surface area contributed by atoms with Crippen LogP contribution in [-0.2, 0) is 14.3 Å². The van der Waals surface area contributed by atoms with Crippen molar-refractivity contribution in [3.8, 4) is 0 Å². The molecule has 0 bridgehead atoms. The highest BCUT2D eigenvalue weighted by atomic mass is 16.5. The first-order valence-corrected chi connectivity index (χ1v) is 22.4. The Labute approximate surface area is 312 Å². The van der Waals surface area contributed by atoms with Crippen LogP contribution >= 0.6 is 0 Å². The molecule has 1 saturated heterocycles. The molecule has 1 N–H and O–H groups in total. The molecule has 1 aliphatic rings. The van der Waals surface area contributed by atoms with Gasteiger partial charge in [-0.3, -0.25) is 4.79 Å². The van der Waals surface area contributed by atoms with Crippen molar-refractivity contribution >= 4 is 5.97 Å². The minimum absolute atomic E-state index is 0.00740. The monoisotopic (exact) mass is 706 g/mol. The van der Waals surface area contributed by atoms with Gasteiger partial charge in [0.2, 0.25) is 0 Å². The number of hydrogen-bond donors (Lipinski definition) is 1. The Kier molecular flexibility index (Phi) is 32.9. The van der Waals surface area contributed by atoms with E-state index >= 15 is 0 Å². The Bertz CT molecular complexity index is 741. The number of esters is 1. The molecule has 0 saturated carbocycles.